The van der Waals surface area contributed by atoms with Crippen LogP contribution in [-0.2, 0) is 9.59 Å². The number of nitrogens with zero attached hydrogens (tertiary/aromatic N) is 1. The first-order valence-electron chi connectivity index (χ1n) is 7.22. The molecule has 1 rings (SSSR count). The van der Waals surface area contributed by atoms with Gasteiger partial charge < -0.3 is 10.0 Å². The molecule has 20 heavy (non-hydrogen) atoms. The molecule has 4 nitrogen and oxygen atoms in total. The molecule has 0 fully saturated rings. The smallest absolute Gasteiger partial charge is 0.323 e. The van der Waals surface area contributed by atoms with Crippen molar-refractivity contribution in [2.45, 2.75) is 45.4 Å². The van der Waals surface area contributed by atoms with E-state index in [0.29, 0.717) is 12.1 Å². The van der Waals surface area contributed by atoms with Gasteiger partial charge in [-0.25, -0.2) is 0 Å². The number of rotatable bonds is 9. The minimum atomic E-state index is -0.992. The summed E-state index contributed by atoms with van der Waals surface area (Å²) < 4.78 is 0. The molecule has 0 aliphatic carbocycles. The van der Waals surface area contributed by atoms with Gasteiger partial charge in [0.05, 0.1) is 0 Å². The lowest BCUT2D eigenvalue weighted by Gasteiger charge is -2.20. The monoisotopic (exact) mass is 277 g/mol. The van der Waals surface area contributed by atoms with Gasteiger partial charge in [0.1, 0.15) is 6.54 Å². The van der Waals surface area contributed by atoms with Crippen LogP contribution in [-0.4, -0.2) is 23.5 Å². The summed E-state index contributed by atoms with van der Waals surface area (Å²) in [6.45, 7) is 1.87. The number of carboxylic acid groups (broad SMARTS) is 1. The summed E-state index contributed by atoms with van der Waals surface area (Å²) in [4.78, 5) is 24.4. The van der Waals surface area contributed by atoms with Gasteiger partial charge in [0.25, 0.3) is 0 Å². The second-order valence-electron chi connectivity index (χ2n) is 4.87. The molecule has 0 heterocycles. The Hall–Kier alpha value is -1.84. The number of carboxylic acids is 1. The number of unbranched alkanes of at least 4 members (excludes halogenated alkanes) is 4. The fourth-order valence-electron chi connectivity index (χ4n) is 2.08. The molecule has 4 heteroatoms. The van der Waals surface area contributed by atoms with E-state index in [-0.39, 0.29) is 12.5 Å². The van der Waals surface area contributed by atoms with Crippen LogP contribution in [0.3, 0.4) is 0 Å². The number of aliphatic carboxylic acids is 1. The number of anilines is 1. The molecule has 1 amide bonds. The van der Waals surface area contributed by atoms with Crippen LogP contribution in [0.1, 0.15) is 45.4 Å². The number of hydrogen-bond donors (Lipinski definition) is 1. The van der Waals surface area contributed by atoms with E-state index in [9.17, 15) is 9.59 Å². The summed E-state index contributed by atoms with van der Waals surface area (Å²) in [6, 6.07) is 8.98. The maximum atomic E-state index is 12.2. The first kappa shape index (κ1) is 16.2. The highest BCUT2D eigenvalue weighted by Gasteiger charge is 2.17. The van der Waals surface area contributed by atoms with Crippen LogP contribution in [0.15, 0.2) is 30.3 Å². The van der Waals surface area contributed by atoms with Crippen LogP contribution in [0.4, 0.5) is 5.69 Å². The SMILES string of the molecule is CCCCCCCC(=O)N(CC(=O)O)c1ccccc1. The summed E-state index contributed by atoms with van der Waals surface area (Å²) in [5, 5.41) is 8.94. The first-order valence-corrected chi connectivity index (χ1v) is 7.22. The van der Waals surface area contributed by atoms with Gasteiger partial charge in [0, 0.05) is 12.1 Å². The van der Waals surface area contributed by atoms with E-state index in [1.165, 1.54) is 17.7 Å². The van der Waals surface area contributed by atoms with E-state index in [0.717, 1.165) is 19.3 Å². The lowest BCUT2D eigenvalue weighted by molar-refractivity contribution is -0.136. The van der Waals surface area contributed by atoms with Gasteiger partial charge in [-0.3, -0.25) is 9.59 Å². The van der Waals surface area contributed by atoms with Crippen LogP contribution in [0.2, 0.25) is 0 Å². The molecule has 0 aliphatic rings. The second-order valence-corrected chi connectivity index (χ2v) is 4.87. The Morgan fingerprint density at radius 3 is 2.30 bits per heavy atom. The van der Waals surface area contributed by atoms with Crippen molar-refractivity contribution in [3.05, 3.63) is 30.3 Å². The fraction of sp³-hybridized carbons (Fsp3) is 0.500. The molecule has 0 unspecified atom stereocenters. The minimum absolute atomic E-state index is 0.116. The summed E-state index contributed by atoms with van der Waals surface area (Å²) >= 11 is 0. The maximum Gasteiger partial charge on any atom is 0.323 e. The zero-order chi connectivity index (χ0) is 14.8. The molecule has 110 valence electrons. The molecule has 0 spiro atoms. The van der Waals surface area contributed by atoms with Crippen molar-refractivity contribution in [2.75, 3.05) is 11.4 Å². The maximum absolute atomic E-state index is 12.2. The minimum Gasteiger partial charge on any atom is -0.480 e. The summed E-state index contributed by atoms with van der Waals surface area (Å²) in [5.74, 6) is -1.11. The van der Waals surface area contributed by atoms with Crippen LogP contribution in [0, 0.1) is 0 Å². The van der Waals surface area contributed by atoms with Crippen molar-refractivity contribution in [3.8, 4) is 0 Å². The van der Waals surface area contributed by atoms with Gasteiger partial charge >= 0.3 is 5.97 Å². The predicted octanol–water partition coefficient (Wildman–Crippen LogP) is 3.46. The Morgan fingerprint density at radius 2 is 1.70 bits per heavy atom. The van der Waals surface area contributed by atoms with E-state index in [1.807, 2.05) is 6.07 Å². The molecule has 1 aromatic carbocycles. The van der Waals surface area contributed by atoms with Gasteiger partial charge in [-0.05, 0) is 18.6 Å². The number of carbonyl (C=O) groups is 2. The standard InChI is InChI=1S/C16H23NO3/c1-2-3-4-5-9-12-15(18)17(13-16(19)20)14-10-7-6-8-11-14/h6-8,10-11H,2-5,9,12-13H2,1H3,(H,19,20). The molecule has 1 aromatic rings. The quantitative estimate of drug-likeness (QED) is 0.703. The van der Waals surface area contributed by atoms with Gasteiger partial charge in [-0.15, -0.1) is 0 Å². The lowest BCUT2D eigenvalue weighted by atomic mass is 10.1. The zero-order valence-electron chi connectivity index (χ0n) is 12.0. The third kappa shape index (κ3) is 5.87. The Labute approximate surface area is 120 Å². The van der Waals surface area contributed by atoms with E-state index in [2.05, 4.69) is 6.92 Å². The molecule has 0 aliphatic heterocycles. The molecular formula is C16H23NO3. The van der Waals surface area contributed by atoms with Crippen molar-refractivity contribution in [1.29, 1.82) is 0 Å². The average molecular weight is 277 g/mol. The van der Waals surface area contributed by atoms with Crippen LogP contribution >= 0.6 is 0 Å². The van der Waals surface area contributed by atoms with Gasteiger partial charge in [0.2, 0.25) is 5.91 Å². The molecule has 0 bridgehead atoms. The summed E-state index contributed by atoms with van der Waals surface area (Å²) in [5.41, 5.74) is 0.647. The third-order valence-corrected chi connectivity index (χ3v) is 3.16. The first-order chi connectivity index (χ1) is 9.65. The second kappa shape index (κ2) is 9.13. The fourth-order valence-corrected chi connectivity index (χ4v) is 2.08. The molecule has 1 N–H and O–H groups in total. The topological polar surface area (TPSA) is 57.6 Å². The molecule has 0 saturated heterocycles. The van der Waals surface area contributed by atoms with E-state index < -0.39 is 5.97 Å². The average Bonchev–Trinajstić information content (AvgIpc) is 2.45. The Balaban J connectivity index is 2.55. The van der Waals surface area contributed by atoms with Crippen molar-refractivity contribution < 1.29 is 14.7 Å². The molecule has 0 atom stereocenters. The van der Waals surface area contributed by atoms with Crippen molar-refractivity contribution in [3.63, 3.8) is 0 Å². The lowest BCUT2D eigenvalue weighted by Crippen LogP contribution is -2.35. The van der Waals surface area contributed by atoms with Gasteiger partial charge in [-0.1, -0.05) is 50.8 Å². The van der Waals surface area contributed by atoms with Crippen LogP contribution < -0.4 is 4.90 Å². The Morgan fingerprint density at radius 1 is 1.05 bits per heavy atom. The van der Waals surface area contributed by atoms with Gasteiger partial charge in [-0.2, -0.15) is 0 Å². The number of amides is 1. The number of hydrogen-bond acceptors (Lipinski definition) is 2. The van der Waals surface area contributed by atoms with Crippen molar-refractivity contribution in [2.24, 2.45) is 0 Å². The van der Waals surface area contributed by atoms with Crippen molar-refractivity contribution >= 4 is 17.6 Å². The molecule has 0 aromatic heterocycles. The number of para-hydroxylation sites is 1. The Bertz CT molecular complexity index is 417. The molecule has 0 radical (unpaired) electrons. The predicted molar refractivity (Wildman–Crippen MR) is 79.8 cm³/mol. The normalized spacial score (nSPS) is 10.2. The molecule has 0 saturated carbocycles. The highest BCUT2D eigenvalue weighted by molar-refractivity contribution is 5.97. The van der Waals surface area contributed by atoms with E-state index >= 15 is 0 Å². The highest BCUT2D eigenvalue weighted by Crippen LogP contribution is 2.16. The number of benzene rings is 1. The summed E-state index contributed by atoms with van der Waals surface area (Å²) in [6.07, 6.45) is 5.74. The van der Waals surface area contributed by atoms with Crippen molar-refractivity contribution in [1.82, 2.24) is 0 Å². The zero-order valence-corrected chi connectivity index (χ0v) is 12.0. The van der Waals surface area contributed by atoms with E-state index in [4.69, 9.17) is 5.11 Å². The third-order valence-electron chi connectivity index (χ3n) is 3.16. The summed E-state index contributed by atoms with van der Waals surface area (Å²) in [7, 11) is 0. The van der Waals surface area contributed by atoms with Crippen LogP contribution in [0.5, 0.6) is 0 Å². The molecular weight excluding hydrogens is 254 g/mol. The highest BCUT2D eigenvalue weighted by atomic mass is 16.4. The van der Waals surface area contributed by atoms with Gasteiger partial charge in [0.15, 0.2) is 0 Å². The Kier molecular flexibility index (Phi) is 7.40. The number of carbonyl (C=O) groups excluding carboxylic acids is 1. The van der Waals surface area contributed by atoms with E-state index in [1.54, 1.807) is 24.3 Å². The van der Waals surface area contributed by atoms with Crippen LogP contribution in [0.25, 0.3) is 0 Å². The largest absolute Gasteiger partial charge is 0.480 e.